The summed E-state index contributed by atoms with van der Waals surface area (Å²) in [5.74, 6) is -1.71. The van der Waals surface area contributed by atoms with E-state index < -0.39 is 29.6 Å². The van der Waals surface area contributed by atoms with Crippen molar-refractivity contribution in [3.8, 4) is 0 Å². The van der Waals surface area contributed by atoms with Gasteiger partial charge in [-0.15, -0.1) is 0 Å². The normalized spacial score (nSPS) is 20.8. The Hall–Kier alpha value is -1.75. The Kier molecular flexibility index (Phi) is 4.14. The monoisotopic (exact) mass is 311 g/mol. The van der Waals surface area contributed by atoms with Crippen molar-refractivity contribution in [2.24, 2.45) is 5.92 Å². The van der Waals surface area contributed by atoms with Crippen molar-refractivity contribution < 1.29 is 19.4 Å². The van der Waals surface area contributed by atoms with Crippen LogP contribution in [0.5, 0.6) is 0 Å². The van der Waals surface area contributed by atoms with Crippen molar-refractivity contribution >= 4 is 23.7 Å². The molecule has 2 N–H and O–H groups in total. The SMILES string of the molecule is CC(C)(C)OC(=O)NC1c2cccc(Cl)c2C[C@H]1C(=O)O. The molecule has 0 bridgehead atoms. The number of alkyl carbamates (subject to hydrolysis) is 1. The molecule has 0 fully saturated rings. The van der Waals surface area contributed by atoms with E-state index in [4.69, 9.17) is 16.3 Å². The zero-order valence-corrected chi connectivity index (χ0v) is 12.9. The first-order chi connectivity index (χ1) is 9.69. The number of carboxylic acid groups (broad SMARTS) is 1. The standard InChI is InChI=1S/C15H18ClNO4/c1-15(2,3)21-14(20)17-12-8-5-4-6-11(16)9(8)7-10(12)13(18)19/h4-6,10,12H,7H2,1-3H3,(H,17,20)(H,18,19)/t10-,12?/m1/s1. The lowest BCUT2D eigenvalue weighted by Crippen LogP contribution is -2.38. The van der Waals surface area contributed by atoms with Crippen LogP contribution in [0.15, 0.2) is 18.2 Å². The van der Waals surface area contributed by atoms with Crippen LogP contribution in [0.2, 0.25) is 5.02 Å². The lowest BCUT2D eigenvalue weighted by atomic mass is 10.0. The first kappa shape index (κ1) is 15.6. The molecule has 21 heavy (non-hydrogen) atoms. The molecule has 6 heteroatoms. The number of halogens is 1. The van der Waals surface area contributed by atoms with E-state index in [1.807, 2.05) is 0 Å². The predicted octanol–water partition coefficient (Wildman–Crippen LogP) is 3.16. The molecule has 1 amide bonds. The third-order valence-corrected chi connectivity index (χ3v) is 3.66. The minimum Gasteiger partial charge on any atom is -0.481 e. The highest BCUT2D eigenvalue weighted by Gasteiger charge is 2.39. The van der Waals surface area contributed by atoms with Crippen molar-refractivity contribution in [1.29, 1.82) is 0 Å². The summed E-state index contributed by atoms with van der Waals surface area (Å²) in [5, 5.41) is 12.5. The Morgan fingerprint density at radius 1 is 1.38 bits per heavy atom. The van der Waals surface area contributed by atoms with Gasteiger partial charge in [0.05, 0.1) is 12.0 Å². The Bertz CT molecular complexity index is 580. The highest BCUT2D eigenvalue weighted by Crippen LogP contribution is 2.39. The molecule has 1 aliphatic rings. The molecule has 0 heterocycles. The van der Waals surface area contributed by atoms with Gasteiger partial charge in [-0.05, 0) is 44.4 Å². The average Bonchev–Trinajstić information content (AvgIpc) is 2.67. The zero-order valence-electron chi connectivity index (χ0n) is 12.1. The number of nitrogens with one attached hydrogen (secondary N) is 1. The maximum atomic E-state index is 11.9. The van der Waals surface area contributed by atoms with Crippen molar-refractivity contribution in [1.82, 2.24) is 5.32 Å². The molecule has 2 atom stereocenters. The van der Waals surface area contributed by atoms with E-state index in [2.05, 4.69) is 5.32 Å². The summed E-state index contributed by atoms with van der Waals surface area (Å²) in [6.07, 6.45) is -0.336. The lowest BCUT2D eigenvalue weighted by Gasteiger charge is -2.24. The summed E-state index contributed by atoms with van der Waals surface area (Å²) in [7, 11) is 0. The molecule has 5 nitrogen and oxygen atoms in total. The molecular weight excluding hydrogens is 294 g/mol. The maximum Gasteiger partial charge on any atom is 0.408 e. The number of carboxylic acids is 1. The molecule has 1 aromatic carbocycles. The van der Waals surface area contributed by atoms with Gasteiger partial charge >= 0.3 is 12.1 Å². The van der Waals surface area contributed by atoms with Gasteiger partial charge in [-0.1, -0.05) is 23.7 Å². The van der Waals surface area contributed by atoms with Gasteiger partial charge in [-0.2, -0.15) is 0 Å². The lowest BCUT2D eigenvalue weighted by molar-refractivity contribution is -0.142. The topological polar surface area (TPSA) is 75.6 Å². The Morgan fingerprint density at radius 3 is 2.62 bits per heavy atom. The van der Waals surface area contributed by atoms with E-state index in [0.717, 1.165) is 11.1 Å². The Balaban J connectivity index is 2.26. The van der Waals surface area contributed by atoms with E-state index in [0.29, 0.717) is 11.4 Å². The van der Waals surface area contributed by atoms with Crippen LogP contribution in [0.3, 0.4) is 0 Å². The minimum absolute atomic E-state index is 0.296. The highest BCUT2D eigenvalue weighted by molar-refractivity contribution is 6.31. The van der Waals surface area contributed by atoms with E-state index in [-0.39, 0.29) is 0 Å². The number of aliphatic carboxylic acids is 1. The number of hydrogen-bond acceptors (Lipinski definition) is 3. The van der Waals surface area contributed by atoms with Crippen LogP contribution in [0, 0.1) is 5.92 Å². The predicted molar refractivity (Wildman–Crippen MR) is 78.4 cm³/mol. The smallest absolute Gasteiger partial charge is 0.408 e. The van der Waals surface area contributed by atoms with E-state index in [1.54, 1.807) is 39.0 Å². The van der Waals surface area contributed by atoms with E-state index in [9.17, 15) is 14.7 Å². The Labute approximate surface area is 128 Å². The van der Waals surface area contributed by atoms with Crippen molar-refractivity contribution in [2.75, 3.05) is 0 Å². The summed E-state index contributed by atoms with van der Waals surface area (Å²) in [5.41, 5.74) is 0.867. The highest BCUT2D eigenvalue weighted by atomic mass is 35.5. The molecular formula is C15H18ClNO4. The van der Waals surface area contributed by atoms with Crippen LogP contribution in [0.1, 0.15) is 37.9 Å². The van der Waals surface area contributed by atoms with Crippen molar-refractivity contribution in [3.05, 3.63) is 34.3 Å². The molecule has 0 aromatic heterocycles. The van der Waals surface area contributed by atoms with Gasteiger partial charge in [0.15, 0.2) is 0 Å². The molecule has 114 valence electrons. The van der Waals surface area contributed by atoms with Crippen LogP contribution in [0.4, 0.5) is 4.79 Å². The fourth-order valence-electron chi connectivity index (χ4n) is 2.48. The van der Waals surface area contributed by atoms with Gasteiger partial charge in [0.25, 0.3) is 0 Å². The molecule has 0 radical (unpaired) electrons. The first-order valence-electron chi connectivity index (χ1n) is 6.68. The number of fused-ring (bicyclic) bond motifs is 1. The van der Waals surface area contributed by atoms with E-state index >= 15 is 0 Å². The van der Waals surface area contributed by atoms with Crippen molar-refractivity contribution in [2.45, 2.75) is 38.8 Å². The Morgan fingerprint density at radius 2 is 2.05 bits per heavy atom. The number of amides is 1. The molecule has 1 unspecified atom stereocenters. The van der Waals surface area contributed by atoms with Crippen LogP contribution in [0.25, 0.3) is 0 Å². The van der Waals surface area contributed by atoms with Crippen LogP contribution >= 0.6 is 11.6 Å². The average molecular weight is 312 g/mol. The second kappa shape index (κ2) is 5.56. The molecule has 0 saturated heterocycles. The van der Waals surface area contributed by atoms with Crippen molar-refractivity contribution in [3.63, 3.8) is 0 Å². The number of benzene rings is 1. The number of hydrogen-bond donors (Lipinski definition) is 2. The molecule has 0 spiro atoms. The summed E-state index contributed by atoms with van der Waals surface area (Å²) in [6, 6.07) is 4.61. The maximum absolute atomic E-state index is 11.9. The molecule has 1 aliphatic carbocycles. The second-order valence-electron chi connectivity index (χ2n) is 6.08. The van der Waals surface area contributed by atoms with Crippen LogP contribution in [-0.2, 0) is 16.0 Å². The van der Waals surface area contributed by atoms with Gasteiger partial charge < -0.3 is 15.2 Å². The van der Waals surface area contributed by atoms with Gasteiger partial charge in [-0.25, -0.2) is 4.79 Å². The summed E-state index contributed by atoms with van der Waals surface area (Å²) >= 11 is 6.11. The minimum atomic E-state index is -0.969. The van der Waals surface area contributed by atoms with E-state index in [1.165, 1.54) is 0 Å². The molecule has 0 saturated carbocycles. The quantitative estimate of drug-likeness (QED) is 0.879. The largest absolute Gasteiger partial charge is 0.481 e. The molecule has 1 aromatic rings. The fourth-order valence-corrected chi connectivity index (χ4v) is 2.74. The van der Waals surface area contributed by atoms with Gasteiger partial charge in [0.2, 0.25) is 0 Å². The second-order valence-corrected chi connectivity index (χ2v) is 6.49. The summed E-state index contributed by atoms with van der Waals surface area (Å²) in [6.45, 7) is 5.25. The van der Waals surface area contributed by atoms with Gasteiger partial charge in [-0.3, -0.25) is 4.79 Å². The number of carbonyl (C=O) groups excluding carboxylic acids is 1. The molecule has 0 aliphatic heterocycles. The third kappa shape index (κ3) is 3.47. The van der Waals surface area contributed by atoms with Crippen LogP contribution < -0.4 is 5.32 Å². The first-order valence-corrected chi connectivity index (χ1v) is 7.06. The van der Waals surface area contributed by atoms with Gasteiger partial charge in [0, 0.05) is 5.02 Å². The number of rotatable bonds is 2. The number of carbonyl (C=O) groups is 2. The number of ether oxygens (including phenoxy) is 1. The zero-order chi connectivity index (χ0) is 15.8. The molecule has 2 rings (SSSR count). The summed E-state index contributed by atoms with van der Waals surface area (Å²) in [4.78, 5) is 23.3. The third-order valence-electron chi connectivity index (χ3n) is 3.31. The van der Waals surface area contributed by atoms with Gasteiger partial charge in [0.1, 0.15) is 5.60 Å². The fraction of sp³-hybridized carbons (Fsp3) is 0.467. The van der Waals surface area contributed by atoms with Crippen LogP contribution in [-0.4, -0.2) is 22.8 Å². The summed E-state index contributed by atoms with van der Waals surface area (Å²) < 4.78 is 5.20.